The fourth-order valence-electron chi connectivity index (χ4n) is 3.97. The van der Waals surface area contributed by atoms with E-state index in [4.69, 9.17) is 53.8 Å². The van der Waals surface area contributed by atoms with Crippen molar-refractivity contribution in [3.8, 4) is 5.75 Å². The molecule has 42 heavy (non-hydrogen) atoms. The number of nitrogens with one attached hydrogen (secondary N) is 1. The smallest absolute Gasteiger partial charge is 0.334 e. The maximum Gasteiger partial charge on any atom is 0.334 e. The van der Waals surface area contributed by atoms with E-state index >= 15 is 0 Å². The zero-order chi connectivity index (χ0) is 30.5. The van der Waals surface area contributed by atoms with E-state index in [1.807, 2.05) is 30.3 Å². The van der Waals surface area contributed by atoms with E-state index in [1.54, 1.807) is 24.3 Å². The van der Waals surface area contributed by atoms with E-state index in [-0.39, 0.29) is 6.61 Å². The number of para-hydroxylation sites is 2. The first-order valence-electron chi connectivity index (χ1n) is 12.3. The Labute approximate surface area is 269 Å². The summed E-state index contributed by atoms with van der Waals surface area (Å²) in [6.45, 7) is 0.579. The Balaban J connectivity index is 1.57. The largest absolute Gasteiger partial charge is 0.484 e. The number of hydrogen-bond donors (Lipinski definition) is 1. The van der Waals surface area contributed by atoms with Crippen LogP contribution in [0.15, 0.2) is 58.9 Å². The van der Waals surface area contributed by atoms with Gasteiger partial charge in [0.1, 0.15) is 23.8 Å². The number of nitrogens with zero attached hydrogens (tertiary/aromatic N) is 2. The first-order valence-corrected chi connectivity index (χ1v) is 16.4. The number of ether oxygens (including phenoxy) is 4. The van der Waals surface area contributed by atoms with Gasteiger partial charge >= 0.3 is 5.97 Å². The molecule has 0 saturated carbocycles. The predicted octanol–water partition coefficient (Wildman–Crippen LogP) is 5.06. The molecule has 0 bridgehead atoms. The van der Waals surface area contributed by atoms with Crippen LogP contribution in [0.5, 0.6) is 5.75 Å². The lowest BCUT2D eigenvalue weighted by atomic mass is 9.98. The highest BCUT2D eigenvalue weighted by atomic mass is 35.6. The number of hydrogen-bond acceptors (Lipinski definition) is 11. The molecule has 1 saturated heterocycles. The molecule has 2 aromatic carbocycles. The van der Waals surface area contributed by atoms with Crippen LogP contribution in [-0.2, 0) is 28.6 Å². The molecule has 3 aromatic rings. The monoisotopic (exact) mass is 693 g/mol. The van der Waals surface area contributed by atoms with Crippen LogP contribution < -0.4 is 10.1 Å². The molecule has 1 aliphatic heterocycles. The predicted molar refractivity (Wildman–Crippen MR) is 165 cm³/mol. The van der Waals surface area contributed by atoms with Gasteiger partial charge in [-0.25, -0.2) is 9.78 Å². The van der Waals surface area contributed by atoms with E-state index < -0.39 is 51.4 Å². The maximum atomic E-state index is 13.6. The van der Waals surface area contributed by atoms with Crippen molar-refractivity contribution in [2.24, 2.45) is 0 Å². The SMILES string of the molecule is COC(C)(OC)C(C(=O)OCC(Cl)(Cl)Cl)N1C(=O)C(NC(=O)COc2ccccc2)C1SSc1nc2ccccc2s1. The van der Waals surface area contributed by atoms with Gasteiger partial charge in [-0.3, -0.25) is 9.59 Å². The van der Waals surface area contributed by atoms with Gasteiger partial charge < -0.3 is 29.2 Å². The molecule has 3 atom stereocenters. The number of methoxy groups -OCH3 is 2. The van der Waals surface area contributed by atoms with Crippen LogP contribution >= 0.6 is 67.7 Å². The second kappa shape index (κ2) is 14.2. The number of carbonyl (C=O) groups excluding carboxylic acids is 3. The van der Waals surface area contributed by atoms with Crippen LogP contribution in [0.25, 0.3) is 10.2 Å². The number of thiazole rings is 1. The van der Waals surface area contributed by atoms with Crippen LogP contribution in [0.2, 0.25) is 0 Å². The van der Waals surface area contributed by atoms with Crippen molar-refractivity contribution < 1.29 is 33.3 Å². The zero-order valence-corrected chi connectivity index (χ0v) is 27.2. The first kappa shape index (κ1) is 32.9. The van der Waals surface area contributed by atoms with Crippen molar-refractivity contribution in [2.75, 3.05) is 27.4 Å². The Morgan fingerprint density at radius 1 is 1.10 bits per heavy atom. The van der Waals surface area contributed by atoms with Crippen molar-refractivity contribution in [3.63, 3.8) is 0 Å². The summed E-state index contributed by atoms with van der Waals surface area (Å²) in [6.07, 6.45) is 0. The molecule has 10 nitrogen and oxygen atoms in total. The molecule has 1 aliphatic rings. The topological polar surface area (TPSA) is 116 Å². The number of aromatic nitrogens is 1. The number of alkyl halides is 3. The van der Waals surface area contributed by atoms with Crippen LogP contribution in [0, 0.1) is 0 Å². The number of rotatable bonds is 13. The lowest BCUT2D eigenvalue weighted by Crippen LogP contribution is -2.76. The van der Waals surface area contributed by atoms with Gasteiger partial charge in [0.15, 0.2) is 22.8 Å². The summed E-state index contributed by atoms with van der Waals surface area (Å²) in [5.74, 6) is -3.16. The van der Waals surface area contributed by atoms with Gasteiger partial charge in [0.25, 0.3) is 5.91 Å². The highest BCUT2D eigenvalue weighted by molar-refractivity contribution is 8.77. The molecule has 2 heterocycles. The summed E-state index contributed by atoms with van der Waals surface area (Å²) in [6, 6.07) is 14.0. The summed E-state index contributed by atoms with van der Waals surface area (Å²) in [7, 11) is 5.17. The van der Waals surface area contributed by atoms with Crippen LogP contribution in [0.3, 0.4) is 0 Å². The van der Waals surface area contributed by atoms with Gasteiger partial charge in [0, 0.05) is 14.2 Å². The molecule has 0 radical (unpaired) electrons. The van der Waals surface area contributed by atoms with Gasteiger partial charge in [0.05, 0.1) is 10.2 Å². The van der Waals surface area contributed by atoms with Crippen molar-refractivity contribution >= 4 is 95.7 Å². The van der Waals surface area contributed by atoms with E-state index in [0.29, 0.717) is 5.75 Å². The van der Waals surface area contributed by atoms with Gasteiger partial charge in [-0.05, 0) is 42.0 Å². The normalized spacial score (nSPS) is 18.0. The standard InChI is InChI=1S/C26H26Cl3N3O7S3/c1-25(36-2,37-3)20(23(35)39-14-26(27,28)29)32-21(34)19(31-18(33)13-38-15-9-5-4-6-10-15)22(32)41-42-24-30-16-11-7-8-12-17(16)40-24/h4-12,19-20,22H,13-14H2,1-3H3,(H,31,33). The van der Waals surface area contributed by atoms with Crippen LogP contribution in [0.4, 0.5) is 0 Å². The fraction of sp³-hybridized carbons (Fsp3) is 0.385. The molecule has 3 unspecified atom stereocenters. The molecule has 4 rings (SSSR count). The lowest BCUT2D eigenvalue weighted by molar-refractivity contribution is -0.243. The zero-order valence-electron chi connectivity index (χ0n) is 22.5. The Kier molecular flexibility index (Phi) is 11.1. The molecule has 0 spiro atoms. The summed E-state index contributed by atoms with van der Waals surface area (Å²) < 4.78 is 21.6. The minimum atomic E-state index is -1.89. The Hall–Kier alpha value is -1.97. The number of benzene rings is 2. The quantitative estimate of drug-likeness (QED) is 0.0856. The van der Waals surface area contributed by atoms with E-state index in [9.17, 15) is 14.4 Å². The Morgan fingerprint density at radius 3 is 2.40 bits per heavy atom. The third-order valence-electron chi connectivity index (χ3n) is 6.19. The van der Waals surface area contributed by atoms with Gasteiger partial charge in [-0.1, -0.05) is 75.9 Å². The summed E-state index contributed by atoms with van der Waals surface area (Å²) in [5, 5.41) is 1.94. The van der Waals surface area contributed by atoms with Crippen molar-refractivity contribution in [2.45, 2.75) is 38.3 Å². The average molecular weight is 695 g/mol. The summed E-state index contributed by atoms with van der Waals surface area (Å²) in [4.78, 5) is 45.6. The number of esters is 1. The minimum absolute atomic E-state index is 0.321. The molecule has 2 amide bonds. The highest BCUT2D eigenvalue weighted by Crippen LogP contribution is 2.46. The number of carbonyl (C=O) groups is 3. The van der Waals surface area contributed by atoms with Gasteiger partial charge in [-0.2, -0.15) is 0 Å². The average Bonchev–Trinajstić information content (AvgIpc) is 3.40. The third kappa shape index (κ3) is 7.94. The van der Waals surface area contributed by atoms with E-state index in [0.717, 1.165) is 14.6 Å². The number of amides is 2. The molecule has 226 valence electrons. The van der Waals surface area contributed by atoms with Crippen LogP contribution in [-0.4, -0.2) is 82.1 Å². The van der Waals surface area contributed by atoms with Gasteiger partial charge in [-0.15, -0.1) is 11.3 Å². The molecule has 1 N–H and O–H groups in total. The highest BCUT2D eigenvalue weighted by Gasteiger charge is 2.59. The maximum absolute atomic E-state index is 13.6. The van der Waals surface area contributed by atoms with Gasteiger partial charge in [0.2, 0.25) is 9.70 Å². The van der Waals surface area contributed by atoms with Crippen molar-refractivity contribution in [1.82, 2.24) is 15.2 Å². The molecular formula is C26H26Cl3N3O7S3. The van der Waals surface area contributed by atoms with Crippen molar-refractivity contribution in [3.05, 3.63) is 54.6 Å². The molecule has 16 heteroatoms. The summed E-state index contributed by atoms with van der Waals surface area (Å²) in [5.41, 5.74) is 0.828. The minimum Gasteiger partial charge on any atom is -0.484 e. The van der Waals surface area contributed by atoms with E-state index in [2.05, 4.69) is 10.3 Å². The fourth-order valence-corrected chi connectivity index (χ4v) is 8.09. The second-order valence-electron chi connectivity index (χ2n) is 8.96. The number of fused-ring (bicyclic) bond motifs is 1. The first-order chi connectivity index (χ1) is 20.0. The third-order valence-corrected chi connectivity index (χ3v) is 10.5. The Morgan fingerprint density at radius 2 is 1.76 bits per heavy atom. The molecule has 1 aromatic heterocycles. The molecule has 1 fully saturated rings. The molecular weight excluding hydrogens is 669 g/mol. The number of β-lactam (4-membered cyclic amide) rings is 1. The summed E-state index contributed by atoms with van der Waals surface area (Å²) >= 11 is 18.8. The second-order valence-corrected chi connectivity index (χ2v) is 15.1. The van der Waals surface area contributed by atoms with Crippen LogP contribution in [0.1, 0.15) is 6.92 Å². The lowest BCUT2D eigenvalue weighted by Gasteiger charge is -2.52. The number of likely N-dealkylation sites (tertiary alicyclic amines) is 1. The van der Waals surface area contributed by atoms with E-state index in [1.165, 1.54) is 59.0 Å². The molecule has 0 aliphatic carbocycles. The Bertz CT molecular complexity index is 1370. The number of halogens is 3. The van der Waals surface area contributed by atoms with Crippen molar-refractivity contribution in [1.29, 1.82) is 0 Å².